The van der Waals surface area contributed by atoms with Crippen LogP contribution in [-0.4, -0.2) is 52.9 Å². The molecule has 1 unspecified atom stereocenters. The van der Waals surface area contributed by atoms with Crippen LogP contribution in [0.25, 0.3) is 0 Å². The lowest BCUT2D eigenvalue weighted by atomic mass is 9.96. The minimum absolute atomic E-state index is 0.107. The molecule has 6 heteroatoms. The van der Waals surface area contributed by atoms with E-state index in [2.05, 4.69) is 10.3 Å². The molecule has 2 heterocycles. The van der Waals surface area contributed by atoms with Gasteiger partial charge in [0.1, 0.15) is 0 Å². The van der Waals surface area contributed by atoms with Crippen LogP contribution in [0.5, 0.6) is 0 Å². The molecule has 0 bridgehead atoms. The molecule has 1 aliphatic heterocycles. The number of hydrogen-bond acceptors (Lipinski definition) is 3. The number of amides is 3. The van der Waals surface area contributed by atoms with Crippen molar-refractivity contribution in [3.63, 3.8) is 0 Å². The summed E-state index contributed by atoms with van der Waals surface area (Å²) in [6, 6.07) is 3.51. The molecule has 1 fully saturated rings. The highest BCUT2D eigenvalue weighted by Gasteiger charge is 2.30. The van der Waals surface area contributed by atoms with Gasteiger partial charge in [0.25, 0.3) is 0 Å². The zero-order valence-electron chi connectivity index (χ0n) is 13.5. The zero-order chi connectivity index (χ0) is 16.1. The normalized spacial score (nSPS) is 18.2. The number of carbonyl (C=O) groups is 2. The number of carbonyl (C=O) groups excluding carboxylic acids is 2. The van der Waals surface area contributed by atoms with E-state index in [1.807, 2.05) is 20.9 Å². The van der Waals surface area contributed by atoms with Crippen LogP contribution in [-0.2, 0) is 4.79 Å². The van der Waals surface area contributed by atoms with Crippen LogP contribution in [0, 0.1) is 5.92 Å². The first kappa shape index (κ1) is 16.3. The Balaban J connectivity index is 1.95. The van der Waals surface area contributed by atoms with Crippen LogP contribution < -0.4 is 5.32 Å². The standard InChI is InChI=1S/C16H24N4O2/c1-12(2)19(3)15(21)13-5-4-10-20(11-13)16(22)18-14-6-8-17-9-7-14/h6-9,12-13H,4-5,10-11H2,1-3H3,(H,17,18,22). The van der Waals surface area contributed by atoms with Crippen LogP contribution >= 0.6 is 0 Å². The number of likely N-dealkylation sites (tertiary alicyclic amines) is 1. The average Bonchev–Trinajstić information content (AvgIpc) is 2.54. The number of aromatic nitrogens is 1. The Morgan fingerprint density at radius 1 is 1.36 bits per heavy atom. The van der Waals surface area contributed by atoms with Gasteiger partial charge in [-0.1, -0.05) is 0 Å². The maximum absolute atomic E-state index is 12.4. The molecule has 2 rings (SSSR count). The SMILES string of the molecule is CC(C)N(C)C(=O)C1CCCN(C(=O)Nc2ccncc2)C1. The van der Waals surface area contributed by atoms with E-state index in [1.54, 1.807) is 34.3 Å². The molecule has 0 aromatic carbocycles. The van der Waals surface area contributed by atoms with E-state index in [-0.39, 0.29) is 23.9 Å². The van der Waals surface area contributed by atoms with E-state index < -0.39 is 0 Å². The quantitative estimate of drug-likeness (QED) is 0.931. The average molecular weight is 304 g/mol. The Kier molecular flexibility index (Phi) is 5.35. The first-order chi connectivity index (χ1) is 10.5. The first-order valence-electron chi connectivity index (χ1n) is 7.71. The third kappa shape index (κ3) is 3.96. The lowest BCUT2D eigenvalue weighted by Crippen LogP contribution is -2.48. The Labute approximate surface area is 131 Å². The fourth-order valence-electron chi connectivity index (χ4n) is 2.54. The Morgan fingerprint density at radius 3 is 2.68 bits per heavy atom. The lowest BCUT2D eigenvalue weighted by Gasteiger charge is -2.35. The van der Waals surface area contributed by atoms with E-state index >= 15 is 0 Å². The lowest BCUT2D eigenvalue weighted by molar-refractivity contribution is -0.137. The van der Waals surface area contributed by atoms with Gasteiger partial charge in [0.15, 0.2) is 0 Å². The van der Waals surface area contributed by atoms with Gasteiger partial charge in [-0.05, 0) is 38.8 Å². The van der Waals surface area contributed by atoms with Gasteiger partial charge in [0.2, 0.25) is 5.91 Å². The number of anilines is 1. The van der Waals surface area contributed by atoms with Gasteiger partial charge in [0, 0.05) is 44.3 Å². The highest BCUT2D eigenvalue weighted by molar-refractivity contribution is 5.90. The predicted octanol–water partition coefficient (Wildman–Crippen LogP) is 2.19. The van der Waals surface area contributed by atoms with Crippen molar-refractivity contribution in [1.82, 2.24) is 14.8 Å². The van der Waals surface area contributed by atoms with Gasteiger partial charge in [-0.3, -0.25) is 9.78 Å². The topological polar surface area (TPSA) is 65.5 Å². The summed E-state index contributed by atoms with van der Waals surface area (Å²) >= 11 is 0. The van der Waals surface area contributed by atoms with Crippen molar-refractivity contribution < 1.29 is 9.59 Å². The summed E-state index contributed by atoms with van der Waals surface area (Å²) in [5.74, 6) is 0.0146. The fraction of sp³-hybridized carbons (Fsp3) is 0.562. The van der Waals surface area contributed by atoms with E-state index in [4.69, 9.17) is 0 Å². The van der Waals surface area contributed by atoms with Gasteiger partial charge in [0.05, 0.1) is 5.92 Å². The largest absolute Gasteiger partial charge is 0.343 e. The van der Waals surface area contributed by atoms with Crippen LogP contribution in [0.15, 0.2) is 24.5 Å². The molecular weight excluding hydrogens is 280 g/mol. The van der Waals surface area contributed by atoms with Crippen molar-refractivity contribution in [2.75, 3.05) is 25.5 Å². The Hall–Kier alpha value is -2.11. The smallest absolute Gasteiger partial charge is 0.321 e. The second-order valence-corrected chi connectivity index (χ2v) is 5.99. The zero-order valence-corrected chi connectivity index (χ0v) is 13.5. The number of rotatable bonds is 3. The number of hydrogen-bond donors (Lipinski definition) is 1. The third-order valence-corrected chi connectivity index (χ3v) is 4.11. The summed E-state index contributed by atoms with van der Waals surface area (Å²) in [7, 11) is 1.82. The molecule has 1 aromatic heterocycles. The summed E-state index contributed by atoms with van der Waals surface area (Å²) in [4.78, 5) is 32.1. The molecule has 120 valence electrons. The fourth-order valence-corrected chi connectivity index (χ4v) is 2.54. The molecule has 1 aliphatic rings. The number of nitrogens with zero attached hydrogens (tertiary/aromatic N) is 3. The molecule has 1 saturated heterocycles. The maximum atomic E-state index is 12.4. The van der Waals surface area contributed by atoms with E-state index in [9.17, 15) is 9.59 Å². The maximum Gasteiger partial charge on any atom is 0.321 e. The summed E-state index contributed by atoms with van der Waals surface area (Å²) in [6.07, 6.45) is 4.96. The van der Waals surface area contributed by atoms with Crippen molar-refractivity contribution in [3.05, 3.63) is 24.5 Å². The third-order valence-electron chi connectivity index (χ3n) is 4.11. The van der Waals surface area contributed by atoms with Gasteiger partial charge >= 0.3 is 6.03 Å². The van der Waals surface area contributed by atoms with Crippen molar-refractivity contribution in [1.29, 1.82) is 0 Å². The molecule has 1 atom stereocenters. The molecule has 6 nitrogen and oxygen atoms in total. The number of urea groups is 1. The van der Waals surface area contributed by atoms with Gasteiger partial charge in [-0.25, -0.2) is 4.79 Å². The minimum atomic E-state index is -0.157. The second kappa shape index (κ2) is 7.24. The van der Waals surface area contributed by atoms with Crippen LogP contribution in [0.2, 0.25) is 0 Å². The van der Waals surface area contributed by atoms with Crippen molar-refractivity contribution in [2.24, 2.45) is 5.92 Å². The monoisotopic (exact) mass is 304 g/mol. The molecular formula is C16H24N4O2. The van der Waals surface area contributed by atoms with Crippen LogP contribution in [0.1, 0.15) is 26.7 Å². The number of piperidine rings is 1. The summed E-state index contributed by atoms with van der Waals surface area (Å²) in [5, 5.41) is 2.85. The molecule has 1 aromatic rings. The number of nitrogens with one attached hydrogen (secondary N) is 1. The summed E-state index contributed by atoms with van der Waals surface area (Å²) in [5.41, 5.74) is 0.716. The van der Waals surface area contributed by atoms with E-state index in [0.29, 0.717) is 18.8 Å². The molecule has 3 amide bonds. The van der Waals surface area contributed by atoms with Crippen LogP contribution in [0.3, 0.4) is 0 Å². The van der Waals surface area contributed by atoms with Gasteiger partial charge in [-0.15, -0.1) is 0 Å². The first-order valence-corrected chi connectivity index (χ1v) is 7.71. The highest BCUT2D eigenvalue weighted by atomic mass is 16.2. The molecule has 0 radical (unpaired) electrons. The van der Waals surface area contributed by atoms with Gasteiger partial charge < -0.3 is 15.1 Å². The number of pyridine rings is 1. The molecule has 0 spiro atoms. The Bertz CT molecular complexity index is 518. The van der Waals surface area contributed by atoms with Crippen molar-refractivity contribution in [2.45, 2.75) is 32.7 Å². The van der Waals surface area contributed by atoms with E-state index in [0.717, 1.165) is 12.8 Å². The Morgan fingerprint density at radius 2 is 2.05 bits per heavy atom. The van der Waals surface area contributed by atoms with Crippen molar-refractivity contribution >= 4 is 17.6 Å². The molecule has 22 heavy (non-hydrogen) atoms. The predicted molar refractivity (Wildman–Crippen MR) is 85.5 cm³/mol. The summed E-state index contributed by atoms with van der Waals surface area (Å²) in [6.45, 7) is 5.15. The highest BCUT2D eigenvalue weighted by Crippen LogP contribution is 2.20. The van der Waals surface area contributed by atoms with Gasteiger partial charge in [-0.2, -0.15) is 0 Å². The second-order valence-electron chi connectivity index (χ2n) is 5.99. The van der Waals surface area contributed by atoms with Crippen molar-refractivity contribution in [3.8, 4) is 0 Å². The van der Waals surface area contributed by atoms with E-state index in [1.165, 1.54) is 0 Å². The minimum Gasteiger partial charge on any atom is -0.343 e. The molecule has 0 saturated carbocycles. The molecule has 0 aliphatic carbocycles. The summed E-state index contributed by atoms with van der Waals surface area (Å²) < 4.78 is 0. The molecule has 1 N–H and O–H groups in total. The van der Waals surface area contributed by atoms with Crippen LogP contribution in [0.4, 0.5) is 10.5 Å².